The van der Waals surface area contributed by atoms with Gasteiger partial charge in [-0.2, -0.15) is 0 Å². The van der Waals surface area contributed by atoms with Gasteiger partial charge in [0.1, 0.15) is 23.7 Å². The summed E-state index contributed by atoms with van der Waals surface area (Å²) in [6, 6.07) is 8.83. The summed E-state index contributed by atoms with van der Waals surface area (Å²) in [6.45, 7) is 0.142. The molecule has 2 atom stereocenters. The number of nitrogens with two attached hydrogens (primary N) is 1. The maximum absolute atomic E-state index is 12.9. The minimum Gasteiger partial charge on any atom is -0.456 e. The lowest BCUT2D eigenvalue weighted by molar-refractivity contribution is -0.151. The van der Waals surface area contributed by atoms with E-state index >= 15 is 0 Å². The first-order chi connectivity index (χ1) is 13.6. The number of esters is 1. The maximum atomic E-state index is 12.9. The van der Waals surface area contributed by atoms with Crippen LogP contribution >= 0.6 is 23.5 Å². The number of rotatable bonds is 6. The number of fused-ring (bicyclic) bond motifs is 1. The van der Waals surface area contributed by atoms with Gasteiger partial charge in [-0.25, -0.2) is 9.48 Å². The van der Waals surface area contributed by atoms with E-state index in [4.69, 9.17) is 10.5 Å². The highest BCUT2D eigenvalue weighted by atomic mass is 32.2. The van der Waals surface area contributed by atoms with Crippen LogP contribution in [0.4, 0.5) is 0 Å². The second kappa shape index (κ2) is 7.94. The molecule has 146 valence electrons. The summed E-state index contributed by atoms with van der Waals surface area (Å²) in [5.41, 5.74) is 7.89. The van der Waals surface area contributed by atoms with Crippen LogP contribution in [0.5, 0.6) is 0 Å². The Labute approximate surface area is 169 Å². The number of tetrazole rings is 1. The Kier molecular flexibility index (Phi) is 5.38. The summed E-state index contributed by atoms with van der Waals surface area (Å²) in [5, 5.41) is 11.8. The van der Waals surface area contributed by atoms with E-state index in [9.17, 15) is 9.59 Å². The lowest BCUT2D eigenvalue weighted by Crippen LogP contribution is -2.68. The normalized spacial score (nSPS) is 21.4. The van der Waals surface area contributed by atoms with Gasteiger partial charge in [0, 0.05) is 18.6 Å². The molecule has 1 amide bonds. The molecule has 0 radical (unpaired) electrons. The van der Waals surface area contributed by atoms with Crippen molar-refractivity contribution >= 4 is 35.4 Å². The van der Waals surface area contributed by atoms with Gasteiger partial charge in [-0.05, 0) is 21.6 Å². The summed E-state index contributed by atoms with van der Waals surface area (Å²) in [5.74, 6) is 0.298. The highest BCUT2D eigenvalue weighted by Crippen LogP contribution is 2.41. The quantitative estimate of drug-likeness (QED) is 0.407. The van der Waals surface area contributed by atoms with Gasteiger partial charge in [0.05, 0.1) is 0 Å². The molecule has 1 aromatic heterocycles. The van der Waals surface area contributed by atoms with Crippen molar-refractivity contribution < 1.29 is 14.3 Å². The molecule has 2 aliphatic rings. The molecular formula is C17H18N6O3S2. The van der Waals surface area contributed by atoms with Crippen LogP contribution in [0, 0.1) is 0 Å². The number of benzene rings is 1. The lowest BCUT2D eigenvalue weighted by atomic mass is 10.0. The summed E-state index contributed by atoms with van der Waals surface area (Å²) >= 11 is 2.96. The van der Waals surface area contributed by atoms with E-state index in [0.29, 0.717) is 22.4 Å². The van der Waals surface area contributed by atoms with Gasteiger partial charge in [0.2, 0.25) is 11.1 Å². The van der Waals surface area contributed by atoms with E-state index in [0.717, 1.165) is 11.1 Å². The first-order valence-electron chi connectivity index (χ1n) is 8.54. The van der Waals surface area contributed by atoms with Crippen molar-refractivity contribution in [2.24, 2.45) is 12.8 Å². The molecule has 2 aromatic rings. The standard InChI is InChI=1S/C17H18N6O3S2/c1-22-17(19-20-21-22)28-9-11-8-27-15-12(18)14(24)23(15)13(11)16(25)26-7-10-5-3-2-4-6-10/h2-6,12,15H,7-9,18H2,1H3/t12?,15-/m0/s1. The van der Waals surface area contributed by atoms with Crippen molar-refractivity contribution in [3.8, 4) is 0 Å². The molecule has 11 heteroatoms. The van der Waals surface area contributed by atoms with Crippen LogP contribution in [0.1, 0.15) is 5.56 Å². The Balaban J connectivity index is 1.54. The van der Waals surface area contributed by atoms with Gasteiger partial charge in [-0.1, -0.05) is 42.1 Å². The molecule has 2 aliphatic heterocycles. The van der Waals surface area contributed by atoms with Crippen LogP contribution in [0.15, 0.2) is 46.8 Å². The Morgan fingerprint density at radius 3 is 2.89 bits per heavy atom. The SMILES string of the molecule is Cn1nnnc1SCC1=C(C(=O)OCc2ccccc2)N2C(=O)C(N)[C@@H]2SC1. The molecule has 4 rings (SSSR count). The van der Waals surface area contributed by atoms with Crippen molar-refractivity contribution in [1.29, 1.82) is 0 Å². The zero-order valence-electron chi connectivity index (χ0n) is 15.0. The fourth-order valence-corrected chi connectivity index (χ4v) is 5.25. The number of ether oxygens (including phenoxy) is 1. The van der Waals surface area contributed by atoms with E-state index in [1.807, 2.05) is 30.3 Å². The third-order valence-electron chi connectivity index (χ3n) is 4.45. The van der Waals surface area contributed by atoms with Crippen LogP contribution in [-0.4, -0.2) is 59.9 Å². The van der Waals surface area contributed by atoms with Crippen LogP contribution in [0.3, 0.4) is 0 Å². The summed E-state index contributed by atoms with van der Waals surface area (Å²) < 4.78 is 7.06. The molecule has 1 aromatic carbocycles. The molecule has 0 spiro atoms. The first-order valence-corrected chi connectivity index (χ1v) is 10.6. The summed E-state index contributed by atoms with van der Waals surface area (Å²) in [7, 11) is 1.75. The zero-order valence-corrected chi connectivity index (χ0v) is 16.7. The molecule has 1 fully saturated rings. The Hall–Kier alpha value is -2.37. The molecule has 0 saturated carbocycles. The fraction of sp³-hybridized carbons (Fsp3) is 0.353. The lowest BCUT2D eigenvalue weighted by Gasteiger charge is -2.48. The molecule has 1 saturated heterocycles. The first kappa shape index (κ1) is 19.0. The largest absolute Gasteiger partial charge is 0.456 e. The Morgan fingerprint density at radius 1 is 1.39 bits per heavy atom. The van der Waals surface area contributed by atoms with E-state index in [2.05, 4.69) is 15.5 Å². The van der Waals surface area contributed by atoms with E-state index in [1.165, 1.54) is 16.7 Å². The second-order valence-electron chi connectivity index (χ2n) is 6.32. The summed E-state index contributed by atoms with van der Waals surface area (Å²) in [6.07, 6.45) is 0. The third-order valence-corrected chi connectivity index (χ3v) is 6.91. The van der Waals surface area contributed by atoms with E-state index in [-0.39, 0.29) is 17.9 Å². The second-order valence-corrected chi connectivity index (χ2v) is 8.37. The van der Waals surface area contributed by atoms with Gasteiger partial charge >= 0.3 is 5.97 Å². The molecule has 3 heterocycles. The van der Waals surface area contributed by atoms with Crippen LogP contribution in [0.2, 0.25) is 0 Å². The van der Waals surface area contributed by atoms with Gasteiger partial charge in [-0.3, -0.25) is 9.69 Å². The van der Waals surface area contributed by atoms with Crippen molar-refractivity contribution in [3.63, 3.8) is 0 Å². The number of aromatic nitrogens is 4. The van der Waals surface area contributed by atoms with E-state index < -0.39 is 12.0 Å². The number of nitrogens with zero attached hydrogens (tertiary/aromatic N) is 5. The number of aryl methyl sites for hydroxylation is 1. The minimum absolute atomic E-state index is 0.142. The Morgan fingerprint density at radius 2 is 2.18 bits per heavy atom. The van der Waals surface area contributed by atoms with Crippen LogP contribution in [0.25, 0.3) is 0 Å². The molecule has 9 nitrogen and oxygen atoms in total. The van der Waals surface area contributed by atoms with Gasteiger partial charge in [0.15, 0.2) is 0 Å². The smallest absolute Gasteiger partial charge is 0.355 e. The van der Waals surface area contributed by atoms with Crippen molar-refractivity contribution in [2.75, 3.05) is 11.5 Å². The number of hydrogen-bond donors (Lipinski definition) is 1. The Bertz CT molecular complexity index is 932. The fourth-order valence-electron chi connectivity index (χ4n) is 2.97. The van der Waals surface area contributed by atoms with Gasteiger partial charge in [0.25, 0.3) is 0 Å². The van der Waals surface area contributed by atoms with Crippen LogP contribution in [-0.2, 0) is 28.0 Å². The molecule has 2 N–H and O–H groups in total. The third kappa shape index (κ3) is 3.52. The average Bonchev–Trinajstić information content (AvgIpc) is 3.14. The number of hydrogen-bond acceptors (Lipinski definition) is 9. The topological polar surface area (TPSA) is 116 Å². The number of thioether (sulfide) groups is 2. The monoisotopic (exact) mass is 418 g/mol. The highest BCUT2D eigenvalue weighted by molar-refractivity contribution is 8.01. The van der Waals surface area contributed by atoms with E-state index in [1.54, 1.807) is 23.5 Å². The average molecular weight is 419 g/mol. The number of carbonyl (C=O) groups is 2. The molecular weight excluding hydrogens is 400 g/mol. The van der Waals surface area contributed by atoms with Crippen molar-refractivity contribution in [2.45, 2.75) is 23.2 Å². The predicted octanol–water partition coefficient (Wildman–Crippen LogP) is 0.542. The number of amides is 1. The number of β-lactam (4-membered cyclic amide) rings is 1. The predicted molar refractivity (Wildman–Crippen MR) is 104 cm³/mol. The van der Waals surface area contributed by atoms with Crippen LogP contribution < -0.4 is 5.73 Å². The zero-order chi connectivity index (χ0) is 19.7. The van der Waals surface area contributed by atoms with Gasteiger partial charge in [-0.15, -0.1) is 16.9 Å². The molecule has 0 bridgehead atoms. The minimum atomic E-state index is -0.584. The summed E-state index contributed by atoms with van der Waals surface area (Å²) in [4.78, 5) is 26.7. The van der Waals surface area contributed by atoms with Crippen molar-refractivity contribution in [1.82, 2.24) is 25.1 Å². The van der Waals surface area contributed by atoms with Crippen molar-refractivity contribution in [3.05, 3.63) is 47.2 Å². The number of carbonyl (C=O) groups excluding carboxylic acids is 2. The molecule has 28 heavy (non-hydrogen) atoms. The maximum Gasteiger partial charge on any atom is 0.355 e. The molecule has 0 aliphatic carbocycles. The highest BCUT2D eigenvalue weighted by Gasteiger charge is 2.52. The molecule has 1 unspecified atom stereocenters. The van der Waals surface area contributed by atoms with Gasteiger partial charge < -0.3 is 10.5 Å².